The largest absolute Gasteiger partial charge is 0.452 e. The normalized spacial score (nSPS) is 14.5. The van der Waals surface area contributed by atoms with Crippen LogP contribution in [0.2, 0.25) is 0 Å². The average molecular weight is 482 g/mol. The van der Waals surface area contributed by atoms with E-state index in [9.17, 15) is 18.0 Å². The van der Waals surface area contributed by atoms with Gasteiger partial charge in [0.2, 0.25) is 10.0 Å². The molecule has 1 amide bonds. The van der Waals surface area contributed by atoms with Crippen LogP contribution in [0.15, 0.2) is 51.8 Å². The lowest BCUT2D eigenvalue weighted by Crippen LogP contribution is -2.27. The van der Waals surface area contributed by atoms with Gasteiger partial charge < -0.3 is 15.8 Å². The maximum Gasteiger partial charge on any atom is 0.340 e. The van der Waals surface area contributed by atoms with E-state index in [4.69, 9.17) is 10.5 Å². The number of nitrogens with two attached hydrogens (primary N) is 1. The fourth-order valence-electron chi connectivity index (χ4n) is 2.90. The highest BCUT2D eigenvalue weighted by Crippen LogP contribution is 2.22. The highest BCUT2D eigenvalue weighted by Gasteiger charge is 2.27. The molecule has 0 saturated carbocycles. The number of hydrogen-bond donors (Lipinski definition) is 2. The van der Waals surface area contributed by atoms with Crippen LogP contribution in [0.4, 0.5) is 11.4 Å². The number of sulfonamides is 1. The molecule has 10 heteroatoms. The molecule has 8 nitrogen and oxygen atoms in total. The van der Waals surface area contributed by atoms with Crippen molar-refractivity contribution in [2.45, 2.75) is 17.7 Å². The van der Waals surface area contributed by atoms with E-state index in [-0.39, 0.29) is 16.1 Å². The van der Waals surface area contributed by atoms with Crippen molar-refractivity contribution < 1.29 is 22.7 Å². The van der Waals surface area contributed by atoms with Crippen molar-refractivity contribution in [1.29, 1.82) is 0 Å². The smallest absolute Gasteiger partial charge is 0.340 e. The van der Waals surface area contributed by atoms with Crippen LogP contribution in [-0.4, -0.2) is 44.3 Å². The van der Waals surface area contributed by atoms with Gasteiger partial charge in [0.15, 0.2) is 6.61 Å². The molecule has 2 aromatic carbocycles. The minimum atomic E-state index is -3.51. The number of nitrogen functional groups attached to an aromatic ring is 1. The predicted molar refractivity (Wildman–Crippen MR) is 112 cm³/mol. The van der Waals surface area contributed by atoms with Crippen molar-refractivity contribution in [3.63, 3.8) is 0 Å². The van der Waals surface area contributed by atoms with E-state index < -0.39 is 28.5 Å². The molecule has 0 radical (unpaired) electrons. The first-order chi connectivity index (χ1) is 13.8. The molecule has 1 aliphatic rings. The Morgan fingerprint density at radius 3 is 2.41 bits per heavy atom. The van der Waals surface area contributed by atoms with Crippen molar-refractivity contribution >= 4 is 49.2 Å². The first-order valence-corrected chi connectivity index (χ1v) is 11.1. The highest BCUT2D eigenvalue weighted by molar-refractivity contribution is 9.10. The summed E-state index contributed by atoms with van der Waals surface area (Å²) in [6, 6.07) is 10.6. The van der Waals surface area contributed by atoms with Crippen LogP contribution in [0, 0.1) is 0 Å². The third-order valence-corrected chi connectivity index (χ3v) is 6.82. The average Bonchev–Trinajstić information content (AvgIpc) is 3.24. The van der Waals surface area contributed by atoms with Crippen LogP contribution in [0.5, 0.6) is 0 Å². The van der Waals surface area contributed by atoms with Crippen LogP contribution in [-0.2, 0) is 19.6 Å². The van der Waals surface area contributed by atoms with Crippen molar-refractivity contribution in [2.24, 2.45) is 0 Å². The Labute approximate surface area is 177 Å². The first kappa shape index (κ1) is 21.3. The van der Waals surface area contributed by atoms with Gasteiger partial charge in [0.1, 0.15) is 0 Å². The molecule has 3 N–H and O–H groups in total. The summed E-state index contributed by atoms with van der Waals surface area (Å²) in [5.74, 6) is -1.27. The highest BCUT2D eigenvalue weighted by atomic mass is 79.9. The summed E-state index contributed by atoms with van der Waals surface area (Å²) < 4.78 is 32.1. The number of ether oxygens (including phenoxy) is 1. The van der Waals surface area contributed by atoms with Gasteiger partial charge in [-0.1, -0.05) is 15.9 Å². The van der Waals surface area contributed by atoms with E-state index in [0.29, 0.717) is 23.2 Å². The molecule has 1 saturated heterocycles. The van der Waals surface area contributed by atoms with E-state index in [1.807, 2.05) is 0 Å². The molecular weight excluding hydrogens is 462 g/mol. The molecule has 0 unspecified atom stereocenters. The van der Waals surface area contributed by atoms with Gasteiger partial charge in [-0.2, -0.15) is 4.31 Å². The van der Waals surface area contributed by atoms with E-state index in [1.54, 1.807) is 12.1 Å². The van der Waals surface area contributed by atoms with Gasteiger partial charge in [-0.15, -0.1) is 0 Å². The number of rotatable bonds is 6. The lowest BCUT2D eigenvalue weighted by molar-refractivity contribution is -0.119. The second-order valence-corrected chi connectivity index (χ2v) is 9.35. The number of carbonyl (C=O) groups excluding carboxylic acids is 2. The Kier molecular flexibility index (Phi) is 6.56. The quantitative estimate of drug-likeness (QED) is 0.483. The summed E-state index contributed by atoms with van der Waals surface area (Å²) in [7, 11) is -3.51. The molecule has 1 fully saturated rings. The Morgan fingerprint density at radius 2 is 1.76 bits per heavy atom. The van der Waals surface area contributed by atoms with Crippen LogP contribution in [0.1, 0.15) is 23.2 Å². The number of amides is 1. The molecule has 0 atom stereocenters. The molecule has 0 aliphatic carbocycles. The number of halogens is 1. The first-order valence-electron chi connectivity index (χ1n) is 8.89. The zero-order valence-corrected chi connectivity index (χ0v) is 17.8. The van der Waals surface area contributed by atoms with Gasteiger partial charge in [0.25, 0.3) is 5.91 Å². The Bertz CT molecular complexity index is 1020. The van der Waals surface area contributed by atoms with E-state index in [1.165, 1.54) is 34.6 Å². The Morgan fingerprint density at radius 1 is 1.10 bits per heavy atom. The maximum atomic E-state index is 12.5. The van der Waals surface area contributed by atoms with Gasteiger partial charge in [0.05, 0.1) is 10.5 Å². The molecule has 1 heterocycles. The standard InChI is InChI=1S/C19H20BrN3O5S/c20-13-3-8-17(21)16(11-13)19(25)28-12-18(24)22-14-4-6-15(7-5-14)29(26,27)23-9-1-2-10-23/h3-8,11H,1-2,9-10,12,21H2,(H,22,24). The van der Waals surface area contributed by atoms with E-state index >= 15 is 0 Å². The summed E-state index contributed by atoms with van der Waals surface area (Å²) in [6.07, 6.45) is 1.72. The second-order valence-electron chi connectivity index (χ2n) is 6.49. The SMILES string of the molecule is Nc1ccc(Br)cc1C(=O)OCC(=O)Nc1ccc(S(=O)(=O)N2CCCC2)cc1. The van der Waals surface area contributed by atoms with Crippen LogP contribution in [0.25, 0.3) is 0 Å². The number of esters is 1. The molecule has 0 spiro atoms. The van der Waals surface area contributed by atoms with Crippen molar-refractivity contribution in [2.75, 3.05) is 30.7 Å². The molecule has 1 aliphatic heterocycles. The summed E-state index contributed by atoms with van der Waals surface area (Å²) in [4.78, 5) is 24.3. The van der Waals surface area contributed by atoms with Crippen LogP contribution < -0.4 is 11.1 Å². The topological polar surface area (TPSA) is 119 Å². The lowest BCUT2D eigenvalue weighted by atomic mass is 10.2. The summed E-state index contributed by atoms with van der Waals surface area (Å²) in [6.45, 7) is 0.544. The van der Waals surface area contributed by atoms with Crippen molar-refractivity contribution in [1.82, 2.24) is 4.31 Å². The number of hydrogen-bond acceptors (Lipinski definition) is 6. The molecule has 2 aromatic rings. The van der Waals surface area contributed by atoms with Gasteiger partial charge in [0, 0.05) is 28.9 Å². The number of nitrogens with one attached hydrogen (secondary N) is 1. The maximum absolute atomic E-state index is 12.5. The molecular formula is C19H20BrN3O5S. The zero-order valence-electron chi connectivity index (χ0n) is 15.4. The van der Waals surface area contributed by atoms with Crippen LogP contribution in [0.3, 0.4) is 0 Å². The number of anilines is 2. The van der Waals surface area contributed by atoms with Gasteiger partial charge in [-0.25, -0.2) is 13.2 Å². The molecule has 0 bridgehead atoms. The third-order valence-electron chi connectivity index (χ3n) is 4.41. The van der Waals surface area contributed by atoms with Crippen LogP contribution >= 0.6 is 15.9 Å². The summed E-state index contributed by atoms with van der Waals surface area (Å²) in [5.41, 5.74) is 6.54. The Balaban J connectivity index is 1.57. The zero-order chi connectivity index (χ0) is 21.0. The molecule has 29 heavy (non-hydrogen) atoms. The Hall–Kier alpha value is -2.43. The fraction of sp³-hybridized carbons (Fsp3) is 0.263. The summed E-state index contributed by atoms with van der Waals surface area (Å²) >= 11 is 3.24. The monoisotopic (exact) mass is 481 g/mol. The van der Waals surface area contributed by atoms with Crippen molar-refractivity contribution in [3.05, 3.63) is 52.5 Å². The van der Waals surface area contributed by atoms with Gasteiger partial charge in [-0.3, -0.25) is 4.79 Å². The van der Waals surface area contributed by atoms with E-state index in [0.717, 1.165) is 12.8 Å². The summed E-state index contributed by atoms with van der Waals surface area (Å²) in [5, 5.41) is 2.56. The third kappa shape index (κ3) is 5.14. The van der Waals surface area contributed by atoms with E-state index in [2.05, 4.69) is 21.2 Å². The number of carbonyl (C=O) groups is 2. The van der Waals surface area contributed by atoms with Crippen molar-refractivity contribution in [3.8, 4) is 0 Å². The molecule has 3 rings (SSSR count). The van der Waals surface area contributed by atoms with Gasteiger partial charge in [-0.05, 0) is 55.3 Å². The van der Waals surface area contributed by atoms with Gasteiger partial charge >= 0.3 is 5.97 Å². The predicted octanol–water partition coefficient (Wildman–Crippen LogP) is 2.61. The molecule has 154 valence electrons. The minimum Gasteiger partial charge on any atom is -0.452 e. The number of nitrogens with zero attached hydrogens (tertiary/aromatic N) is 1. The fourth-order valence-corrected chi connectivity index (χ4v) is 4.78. The lowest BCUT2D eigenvalue weighted by Gasteiger charge is -2.15. The molecule has 0 aromatic heterocycles. The second kappa shape index (κ2) is 8.93. The minimum absolute atomic E-state index is 0.156. The number of benzene rings is 2.